The molecule has 0 heterocycles. The minimum atomic E-state index is -1.34. The molecule has 0 aliphatic rings. The van der Waals surface area contributed by atoms with Gasteiger partial charge in [0, 0.05) is 13.1 Å². The molecule has 1 unspecified atom stereocenters. The molecule has 100 valence electrons. The summed E-state index contributed by atoms with van der Waals surface area (Å²) in [5.74, 6) is -0.722. The Morgan fingerprint density at radius 1 is 1.18 bits per heavy atom. The lowest BCUT2D eigenvalue weighted by Gasteiger charge is -2.27. The van der Waals surface area contributed by atoms with Crippen LogP contribution in [-0.2, 0) is 9.59 Å². The third kappa shape index (κ3) is 6.94. The highest BCUT2D eigenvalue weighted by molar-refractivity contribution is 5.80. The number of rotatable bonds is 8. The van der Waals surface area contributed by atoms with E-state index in [9.17, 15) is 14.7 Å². The number of carbonyl (C=O) groups is 2. The minimum absolute atomic E-state index is 0.0596. The molecule has 0 saturated heterocycles. The first-order valence-electron chi connectivity index (χ1n) is 6.11. The van der Waals surface area contributed by atoms with Crippen LogP contribution in [0.4, 0.5) is 0 Å². The van der Waals surface area contributed by atoms with E-state index in [2.05, 4.69) is 0 Å². The molecule has 0 bridgehead atoms. The zero-order chi connectivity index (χ0) is 13.5. The van der Waals surface area contributed by atoms with Crippen molar-refractivity contribution < 1.29 is 14.7 Å². The van der Waals surface area contributed by atoms with Crippen molar-refractivity contribution in [2.24, 2.45) is 5.73 Å². The lowest BCUT2D eigenvalue weighted by atomic mass is 9.97. The van der Waals surface area contributed by atoms with E-state index in [4.69, 9.17) is 5.73 Å². The first-order chi connectivity index (χ1) is 7.82. The number of nitrogens with zero attached hydrogens (tertiary/aromatic N) is 1. The molecule has 2 amide bonds. The highest BCUT2D eigenvalue weighted by Crippen LogP contribution is 2.16. The maximum absolute atomic E-state index is 11.9. The van der Waals surface area contributed by atoms with Crippen molar-refractivity contribution in [1.29, 1.82) is 0 Å². The number of primary amides is 1. The third-order valence-electron chi connectivity index (χ3n) is 2.43. The summed E-state index contributed by atoms with van der Waals surface area (Å²) in [6.45, 7) is 6.82. The Labute approximate surface area is 103 Å². The zero-order valence-corrected chi connectivity index (χ0v) is 11.0. The first kappa shape index (κ1) is 15.9. The van der Waals surface area contributed by atoms with Crippen molar-refractivity contribution in [3.63, 3.8) is 0 Å². The van der Waals surface area contributed by atoms with Crippen LogP contribution in [0.25, 0.3) is 0 Å². The molecule has 5 heteroatoms. The average molecular weight is 244 g/mol. The van der Waals surface area contributed by atoms with Gasteiger partial charge in [-0.2, -0.15) is 0 Å². The Bertz CT molecular complexity index is 258. The summed E-state index contributed by atoms with van der Waals surface area (Å²) in [6.07, 6.45) is 1.51. The Kier molecular flexibility index (Phi) is 6.80. The minimum Gasteiger partial charge on any atom is -0.389 e. The second-order valence-corrected chi connectivity index (χ2v) is 4.70. The maximum atomic E-state index is 11.9. The standard InChI is InChI=1S/C12H24N2O3/c1-4-6-14(7-5-2)11(16)9-12(3,17)8-10(13)15/h17H,4-9H2,1-3H3,(H2,13,15). The van der Waals surface area contributed by atoms with Gasteiger partial charge in [-0.1, -0.05) is 13.8 Å². The number of hydrogen-bond acceptors (Lipinski definition) is 3. The Morgan fingerprint density at radius 2 is 1.65 bits per heavy atom. The summed E-state index contributed by atoms with van der Waals surface area (Å²) < 4.78 is 0. The van der Waals surface area contributed by atoms with E-state index >= 15 is 0 Å². The Hall–Kier alpha value is -1.10. The normalized spacial score (nSPS) is 14.1. The van der Waals surface area contributed by atoms with Gasteiger partial charge in [-0.05, 0) is 19.8 Å². The van der Waals surface area contributed by atoms with Crippen molar-refractivity contribution in [1.82, 2.24) is 4.90 Å². The van der Waals surface area contributed by atoms with Crippen LogP contribution in [0.5, 0.6) is 0 Å². The number of amides is 2. The lowest BCUT2D eigenvalue weighted by Crippen LogP contribution is -2.40. The van der Waals surface area contributed by atoms with Crippen molar-refractivity contribution in [2.45, 2.75) is 52.1 Å². The number of nitrogens with two attached hydrogens (primary N) is 1. The van der Waals surface area contributed by atoms with Crippen LogP contribution in [-0.4, -0.2) is 40.5 Å². The highest BCUT2D eigenvalue weighted by atomic mass is 16.3. The molecule has 1 atom stereocenters. The van der Waals surface area contributed by atoms with E-state index in [-0.39, 0.29) is 18.7 Å². The molecule has 5 nitrogen and oxygen atoms in total. The largest absolute Gasteiger partial charge is 0.389 e. The molecule has 3 N–H and O–H groups in total. The molecule has 17 heavy (non-hydrogen) atoms. The molecular weight excluding hydrogens is 220 g/mol. The van der Waals surface area contributed by atoms with Crippen LogP contribution in [0, 0.1) is 0 Å². The van der Waals surface area contributed by atoms with Gasteiger partial charge < -0.3 is 15.7 Å². The molecule has 0 aromatic rings. The van der Waals surface area contributed by atoms with Gasteiger partial charge in [-0.3, -0.25) is 9.59 Å². The lowest BCUT2D eigenvalue weighted by molar-refractivity contribution is -0.137. The maximum Gasteiger partial charge on any atom is 0.225 e. The predicted octanol–water partition coefficient (Wildman–Crippen LogP) is 0.651. The van der Waals surface area contributed by atoms with Gasteiger partial charge in [0.15, 0.2) is 0 Å². The smallest absolute Gasteiger partial charge is 0.225 e. The molecule has 0 aliphatic carbocycles. The highest BCUT2D eigenvalue weighted by Gasteiger charge is 2.28. The molecule has 0 spiro atoms. The number of carbonyl (C=O) groups excluding carboxylic acids is 2. The SMILES string of the molecule is CCCN(CCC)C(=O)CC(C)(O)CC(N)=O. The van der Waals surface area contributed by atoms with Crippen molar-refractivity contribution in [3.8, 4) is 0 Å². The van der Waals surface area contributed by atoms with E-state index < -0.39 is 11.5 Å². The van der Waals surface area contributed by atoms with Crippen molar-refractivity contribution in [2.75, 3.05) is 13.1 Å². The van der Waals surface area contributed by atoms with Crippen LogP contribution in [0.1, 0.15) is 46.5 Å². The van der Waals surface area contributed by atoms with Gasteiger partial charge in [0.05, 0.1) is 18.4 Å². The van der Waals surface area contributed by atoms with Gasteiger partial charge in [0.25, 0.3) is 0 Å². The van der Waals surface area contributed by atoms with Crippen molar-refractivity contribution in [3.05, 3.63) is 0 Å². The molecule has 0 aromatic heterocycles. The van der Waals surface area contributed by atoms with Gasteiger partial charge >= 0.3 is 0 Å². The van der Waals surface area contributed by atoms with Crippen LogP contribution in [0.15, 0.2) is 0 Å². The zero-order valence-electron chi connectivity index (χ0n) is 11.0. The van der Waals surface area contributed by atoms with E-state index in [1.807, 2.05) is 13.8 Å². The summed E-state index contributed by atoms with van der Waals surface area (Å²) in [5, 5.41) is 9.89. The van der Waals surface area contributed by atoms with Gasteiger partial charge in [0.2, 0.25) is 11.8 Å². The fourth-order valence-electron chi connectivity index (χ4n) is 1.78. The molecule has 0 aliphatic heterocycles. The van der Waals surface area contributed by atoms with Crippen LogP contribution >= 0.6 is 0 Å². The molecule has 0 aromatic carbocycles. The van der Waals surface area contributed by atoms with Crippen molar-refractivity contribution >= 4 is 11.8 Å². The van der Waals surface area contributed by atoms with E-state index in [1.165, 1.54) is 6.92 Å². The topological polar surface area (TPSA) is 83.6 Å². The first-order valence-corrected chi connectivity index (χ1v) is 6.11. The van der Waals surface area contributed by atoms with Gasteiger partial charge in [-0.25, -0.2) is 0 Å². The fourth-order valence-corrected chi connectivity index (χ4v) is 1.78. The Balaban J connectivity index is 4.41. The summed E-state index contributed by atoms with van der Waals surface area (Å²) in [5.41, 5.74) is 3.68. The number of hydrogen-bond donors (Lipinski definition) is 2. The average Bonchev–Trinajstić information content (AvgIpc) is 2.14. The van der Waals surface area contributed by atoms with Crippen LogP contribution in [0.2, 0.25) is 0 Å². The summed E-state index contributed by atoms with van der Waals surface area (Å²) in [4.78, 5) is 24.4. The summed E-state index contributed by atoms with van der Waals surface area (Å²) >= 11 is 0. The molecular formula is C12H24N2O3. The number of aliphatic hydroxyl groups is 1. The van der Waals surface area contributed by atoms with E-state index in [1.54, 1.807) is 4.90 Å². The molecule has 0 radical (unpaired) electrons. The fraction of sp³-hybridized carbons (Fsp3) is 0.833. The predicted molar refractivity (Wildman–Crippen MR) is 66.2 cm³/mol. The van der Waals surface area contributed by atoms with Gasteiger partial charge in [0.1, 0.15) is 0 Å². The molecule has 0 rings (SSSR count). The summed E-state index contributed by atoms with van der Waals surface area (Å²) in [7, 11) is 0. The van der Waals surface area contributed by atoms with E-state index in [0.29, 0.717) is 13.1 Å². The second-order valence-electron chi connectivity index (χ2n) is 4.70. The Morgan fingerprint density at radius 3 is 2.00 bits per heavy atom. The second kappa shape index (κ2) is 7.27. The molecule has 0 saturated carbocycles. The quantitative estimate of drug-likeness (QED) is 0.657. The van der Waals surface area contributed by atoms with Crippen LogP contribution < -0.4 is 5.73 Å². The van der Waals surface area contributed by atoms with E-state index in [0.717, 1.165) is 12.8 Å². The van der Waals surface area contributed by atoms with Crippen LogP contribution in [0.3, 0.4) is 0 Å². The third-order valence-corrected chi connectivity index (χ3v) is 2.43. The monoisotopic (exact) mass is 244 g/mol. The molecule has 0 fully saturated rings. The summed E-state index contributed by atoms with van der Waals surface area (Å²) in [6, 6.07) is 0. The van der Waals surface area contributed by atoms with Gasteiger partial charge in [-0.15, -0.1) is 0 Å².